The highest BCUT2D eigenvalue weighted by Crippen LogP contribution is 2.44. The molecule has 192 valence electrons. The quantitative estimate of drug-likeness (QED) is 0.224. The van der Waals surface area contributed by atoms with Crippen LogP contribution in [0.2, 0.25) is 0 Å². The van der Waals surface area contributed by atoms with Crippen molar-refractivity contribution in [2.45, 2.75) is 46.6 Å². The Balaban J connectivity index is 1.95. The number of aryl methyl sites for hydroxylation is 3. The van der Waals surface area contributed by atoms with Gasteiger partial charge in [-0.3, -0.25) is 14.5 Å². The van der Waals surface area contributed by atoms with Gasteiger partial charge in [0.25, 0.3) is 11.7 Å². The van der Waals surface area contributed by atoms with Crippen molar-refractivity contribution in [3.8, 4) is 11.5 Å². The predicted molar refractivity (Wildman–Crippen MR) is 145 cm³/mol. The van der Waals surface area contributed by atoms with Crippen molar-refractivity contribution < 1.29 is 24.2 Å². The first kappa shape index (κ1) is 26.0. The minimum atomic E-state index is -0.821. The molecule has 1 aliphatic heterocycles. The summed E-state index contributed by atoms with van der Waals surface area (Å²) in [5.41, 5.74) is 4.51. The first-order chi connectivity index (χ1) is 17.8. The van der Waals surface area contributed by atoms with Gasteiger partial charge in [0.15, 0.2) is 0 Å². The topological polar surface area (TPSA) is 76.1 Å². The number of carbonyl (C=O) groups is 2. The second-order valence-electron chi connectivity index (χ2n) is 9.27. The molecule has 1 amide bonds. The summed E-state index contributed by atoms with van der Waals surface area (Å²) < 4.78 is 11.4. The van der Waals surface area contributed by atoms with E-state index in [0.29, 0.717) is 29.4 Å². The summed E-state index contributed by atoms with van der Waals surface area (Å²) in [7, 11) is 1.52. The summed E-state index contributed by atoms with van der Waals surface area (Å²) in [5, 5.41) is 11.6. The van der Waals surface area contributed by atoms with Crippen LogP contribution >= 0.6 is 0 Å². The number of aliphatic hydroxyl groups is 1. The summed E-state index contributed by atoms with van der Waals surface area (Å²) in [4.78, 5) is 28.5. The van der Waals surface area contributed by atoms with E-state index < -0.39 is 17.7 Å². The number of hydrogen-bond acceptors (Lipinski definition) is 5. The molecule has 1 fully saturated rings. The van der Waals surface area contributed by atoms with E-state index in [9.17, 15) is 14.7 Å². The molecule has 3 aromatic rings. The Kier molecular flexibility index (Phi) is 7.67. The molecule has 1 atom stereocenters. The molecule has 6 heteroatoms. The van der Waals surface area contributed by atoms with Crippen LogP contribution in [0.1, 0.15) is 54.1 Å². The highest BCUT2D eigenvalue weighted by molar-refractivity contribution is 6.51. The molecule has 0 aliphatic carbocycles. The molecule has 1 aliphatic rings. The Morgan fingerprint density at radius 2 is 1.73 bits per heavy atom. The van der Waals surface area contributed by atoms with Gasteiger partial charge in [-0.25, -0.2) is 0 Å². The molecule has 37 heavy (non-hydrogen) atoms. The summed E-state index contributed by atoms with van der Waals surface area (Å²) in [6.45, 7) is 8.41. The van der Waals surface area contributed by atoms with Gasteiger partial charge in [-0.2, -0.15) is 0 Å². The number of nitrogens with zero attached hydrogens (tertiary/aromatic N) is 1. The Morgan fingerprint density at radius 3 is 2.38 bits per heavy atom. The molecule has 0 spiro atoms. The van der Waals surface area contributed by atoms with E-state index in [1.807, 2.05) is 57.2 Å². The van der Waals surface area contributed by atoms with Crippen LogP contribution in [-0.2, 0) is 16.0 Å². The summed E-state index contributed by atoms with van der Waals surface area (Å²) in [6.07, 6.45) is 1.70. The van der Waals surface area contributed by atoms with Crippen molar-refractivity contribution in [2.75, 3.05) is 18.6 Å². The van der Waals surface area contributed by atoms with E-state index in [4.69, 9.17) is 9.47 Å². The normalized spacial score (nSPS) is 16.8. The molecule has 6 nitrogen and oxygen atoms in total. The van der Waals surface area contributed by atoms with Crippen LogP contribution in [0.15, 0.2) is 66.2 Å². The number of hydrogen-bond donors (Lipinski definition) is 1. The van der Waals surface area contributed by atoms with Crippen LogP contribution < -0.4 is 14.4 Å². The number of ketones is 1. The Labute approximate surface area is 218 Å². The molecule has 1 heterocycles. The van der Waals surface area contributed by atoms with Gasteiger partial charge in [0.2, 0.25) is 0 Å². The van der Waals surface area contributed by atoms with E-state index >= 15 is 0 Å². The molecule has 4 rings (SSSR count). The summed E-state index contributed by atoms with van der Waals surface area (Å²) in [5.74, 6) is -0.639. The molecule has 1 saturated heterocycles. The second-order valence-corrected chi connectivity index (χ2v) is 9.27. The van der Waals surface area contributed by atoms with Crippen LogP contribution in [-0.4, -0.2) is 30.5 Å². The fourth-order valence-corrected chi connectivity index (χ4v) is 4.84. The van der Waals surface area contributed by atoms with Gasteiger partial charge in [-0.15, -0.1) is 0 Å². The fraction of sp³-hybridized carbons (Fsp3) is 0.290. The number of carbonyl (C=O) groups excluding carboxylic acids is 2. The average molecular weight is 500 g/mol. The van der Waals surface area contributed by atoms with Crippen LogP contribution in [0.4, 0.5) is 5.69 Å². The van der Waals surface area contributed by atoms with Gasteiger partial charge < -0.3 is 14.6 Å². The lowest BCUT2D eigenvalue weighted by molar-refractivity contribution is -0.132. The zero-order valence-electron chi connectivity index (χ0n) is 22.0. The molecular weight excluding hydrogens is 466 g/mol. The number of aliphatic hydroxyl groups excluding tert-OH is 1. The van der Waals surface area contributed by atoms with Crippen molar-refractivity contribution in [2.24, 2.45) is 0 Å². The monoisotopic (exact) mass is 499 g/mol. The van der Waals surface area contributed by atoms with Crippen molar-refractivity contribution in [1.82, 2.24) is 0 Å². The van der Waals surface area contributed by atoms with Crippen molar-refractivity contribution in [3.63, 3.8) is 0 Å². The van der Waals surface area contributed by atoms with Crippen molar-refractivity contribution in [1.29, 1.82) is 0 Å². The minimum Gasteiger partial charge on any atom is -0.507 e. The molecule has 3 aromatic carbocycles. The molecule has 1 unspecified atom stereocenters. The number of Topliss-reactive ketones (excluding diaryl/α,β-unsaturated/α-hetero) is 1. The first-order valence-corrected chi connectivity index (χ1v) is 12.6. The van der Waals surface area contributed by atoms with Gasteiger partial charge in [0, 0.05) is 11.8 Å². The van der Waals surface area contributed by atoms with Crippen LogP contribution in [0.25, 0.3) is 5.76 Å². The lowest BCUT2D eigenvalue weighted by Gasteiger charge is -2.26. The third-order valence-corrected chi connectivity index (χ3v) is 6.59. The third kappa shape index (κ3) is 4.96. The van der Waals surface area contributed by atoms with Crippen LogP contribution in [0.5, 0.6) is 11.5 Å². The second kappa shape index (κ2) is 10.9. The largest absolute Gasteiger partial charge is 0.507 e. The Bertz CT molecular complexity index is 1360. The molecular formula is C31H33NO5. The maximum Gasteiger partial charge on any atom is 0.300 e. The van der Waals surface area contributed by atoms with Crippen molar-refractivity contribution in [3.05, 3.63) is 94.1 Å². The molecule has 0 aromatic heterocycles. The predicted octanol–water partition coefficient (Wildman–Crippen LogP) is 6.29. The summed E-state index contributed by atoms with van der Waals surface area (Å²) >= 11 is 0. The first-order valence-electron chi connectivity index (χ1n) is 12.6. The minimum absolute atomic E-state index is 0.0254. The van der Waals surface area contributed by atoms with Crippen LogP contribution in [0.3, 0.4) is 0 Å². The van der Waals surface area contributed by atoms with E-state index in [2.05, 4.69) is 6.92 Å². The number of ether oxygens (including phenoxy) is 2. The van der Waals surface area contributed by atoms with E-state index in [-0.39, 0.29) is 11.3 Å². The fourth-order valence-electron chi connectivity index (χ4n) is 4.84. The number of anilines is 1. The number of amides is 1. The highest BCUT2D eigenvalue weighted by Gasteiger charge is 2.47. The zero-order valence-corrected chi connectivity index (χ0v) is 22.0. The van der Waals surface area contributed by atoms with Gasteiger partial charge in [0.1, 0.15) is 17.3 Å². The Hall–Kier alpha value is -4.06. The van der Waals surface area contributed by atoms with Gasteiger partial charge in [-0.1, -0.05) is 50.2 Å². The average Bonchev–Trinajstić information content (AvgIpc) is 3.17. The van der Waals surface area contributed by atoms with Gasteiger partial charge in [0.05, 0.1) is 30.9 Å². The molecule has 0 radical (unpaired) electrons. The van der Waals surface area contributed by atoms with E-state index in [1.165, 1.54) is 12.0 Å². The maximum atomic E-state index is 13.6. The van der Waals surface area contributed by atoms with Crippen LogP contribution in [0, 0.1) is 13.8 Å². The number of benzene rings is 3. The zero-order chi connectivity index (χ0) is 26.7. The maximum absolute atomic E-state index is 13.6. The van der Waals surface area contributed by atoms with Gasteiger partial charge >= 0.3 is 0 Å². The lowest BCUT2D eigenvalue weighted by Crippen LogP contribution is -2.29. The molecule has 0 bridgehead atoms. The summed E-state index contributed by atoms with van der Waals surface area (Å²) in [6, 6.07) is 17.8. The molecule has 1 N–H and O–H groups in total. The number of rotatable bonds is 8. The highest BCUT2D eigenvalue weighted by atomic mass is 16.5. The van der Waals surface area contributed by atoms with Gasteiger partial charge in [-0.05, 0) is 67.1 Å². The smallest absolute Gasteiger partial charge is 0.300 e. The SMILES string of the molecule is CCCOc1cccc(N2C(=O)C(=O)/C(=C(/O)c3cc(C)cc(C)c3OC)C2c2ccc(CC)cc2)c1. The van der Waals surface area contributed by atoms with E-state index in [1.54, 1.807) is 24.3 Å². The molecule has 0 saturated carbocycles. The standard InChI is InChI=1S/C31H33NO5/c1-6-15-37-24-10-8-9-23(18-24)32-27(22-13-11-21(7-2)12-14-22)26(29(34)31(32)35)28(33)25-17-19(3)16-20(4)30(25)36-5/h8-14,16-18,27,33H,6-7,15H2,1-5H3/b28-26+. The Morgan fingerprint density at radius 1 is 1.00 bits per heavy atom. The third-order valence-electron chi connectivity index (χ3n) is 6.59. The van der Waals surface area contributed by atoms with E-state index in [0.717, 1.165) is 35.1 Å². The lowest BCUT2D eigenvalue weighted by atomic mass is 9.93. The van der Waals surface area contributed by atoms with Crippen molar-refractivity contribution >= 4 is 23.1 Å². The number of methoxy groups -OCH3 is 1.